The van der Waals surface area contributed by atoms with E-state index < -0.39 is 24.2 Å². The number of aliphatic hydroxyl groups excluding tert-OH is 1. The van der Waals surface area contributed by atoms with Crippen molar-refractivity contribution in [1.29, 1.82) is 0 Å². The Labute approximate surface area is 137 Å². The van der Waals surface area contributed by atoms with Crippen LogP contribution in [0.4, 0.5) is 10.6 Å². The third-order valence-electron chi connectivity index (χ3n) is 2.88. The molecule has 0 saturated carbocycles. The monoisotopic (exact) mass is 341 g/mol. The summed E-state index contributed by atoms with van der Waals surface area (Å²) in [4.78, 5) is 26.5. The van der Waals surface area contributed by atoms with E-state index in [0.717, 1.165) is 4.57 Å². The van der Waals surface area contributed by atoms with Gasteiger partial charge in [0, 0.05) is 6.20 Å². The molecule has 1 aromatic rings. The zero-order valence-electron chi connectivity index (χ0n) is 13.2. The van der Waals surface area contributed by atoms with Crippen molar-refractivity contribution in [2.45, 2.75) is 32.3 Å². The molecule has 0 unspecified atom stereocenters. The Morgan fingerprint density at radius 1 is 1.54 bits per heavy atom. The highest BCUT2D eigenvalue weighted by Gasteiger charge is 2.30. The van der Waals surface area contributed by atoms with Crippen LogP contribution in [0.1, 0.15) is 20.1 Å². The van der Waals surface area contributed by atoms with E-state index in [4.69, 9.17) is 19.9 Å². The first-order valence-electron chi connectivity index (χ1n) is 7.18. The molecule has 1 aliphatic rings. The zero-order valence-corrected chi connectivity index (χ0v) is 13.2. The highest BCUT2D eigenvalue weighted by molar-refractivity contribution is 5.59. The summed E-state index contributed by atoms with van der Waals surface area (Å²) in [6.45, 7) is 2.99. The maximum absolute atomic E-state index is 11.8. The topological polar surface area (TPSA) is 135 Å². The smallest absolute Gasteiger partial charge is 0.469 e. The van der Waals surface area contributed by atoms with Gasteiger partial charge in [-0.2, -0.15) is 4.98 Å². The number of nitrogens with two attached hydrogens (primary N) is 1. The summed E-state index contributed by atoms with van der Waals surface area (Å²) in [7, 11) is 0. The summed E-state index contributed by atoms with van der Waals surface area (Å²) >= 11 is 0. The van der Waals surface area contributed by atoms with E-state index in [1.807, 2.05) is 0 Å². The lowest BCUT2D eigenvalue weighted by atomic mass is 10.3. The number of nitrogens with zero attached hydrogens (tertiary/aromatic N) is 2. The number of hydrogen-bond acceptors (Lipinski definition) is 9. The van der Waals surface area contributed by atoms with Crippen LogP contribution >= 0.6 is 0 Å². The molecule has 0 radical (unpaired) electrons. The Morgan fingerprint density at radius 2 is 2.29 bits per heavy atom. The fourth-order valence-corrected chi connectivity index (χ4v) is 1.92. The fraction of sp³-hybridized carbons (Fsp3) is 0.500. The Hall–Kier alpha value is -2.59. The molecule has 0 amide bonds. The SMILES string of the molecule is CC(C)OC(=O)OCOCC1=C[C@@H](O)[C@H](n2ccc(N)nc2=O)O1. The third kappa shape index (κ3) is 4.70. The first-order chi connectivity index (χ1) is 11.4. The molecule has 132 valence electrons. The maximum Gasteiger partial charge on any atom is 0.510 e. The molecule has 1 aromatic heterocycles. The average molecular weight is 341 g/mol. The van der Waals surface area contributed by atoms with Gasteiger partial charge in [-0.1, -0.05) is 0 Å². The molecule has 10 heteroatoms. The van der Waals surface area contributed by atoms with Crippen molar-refractivity contribution >= 4 is 12.0 Å². The van der Waals surface area contributed by atoms with Crippen LogP contribution < -0.4 is 11.4 Å². The minimum atomic E-state index is -1.06. The molecule has 3 N–H and O–H groups in total. The lowest BCUT2D eigenvalue weighted by molar-refractivity contribution is -0.0630. The molecule has 10 nitrogen and oxygen atoms in total. The minimum absolute atomic E-state index is 0.0559. The number of aromatic nitrogens is 2. The number of carbonyl (C=O) groups is 1. The summed E-state index contributed by atoms with van der Waals surface area (Å²) in [6, 6.07) is 1.42. The number of hydrogen-bond donors (Lipinski definition) is 2. The first kappa shape index (κ1) is 17.8. The molecule has 1 aliphatic heterocycles. The predicted octanol–water partition coefficient (Wildman–Crippen LogP) is 0.135. The van der Waals surface area contributed by atoms with Crippen LogP contribution in [-0.4, -0.2) is 46.4 Å². The Bertz CT molecular complexity index is 671. The van der Waals surface area contributed by atoms with E-state index in [2.05, 4.69) is 9.72 Å². The molecule has 2 heterocycles. The molecule has 0 saturated heterocycles. The quantitative estimate of drug-likeness (QED) is 0.420. The zero-order chi connectivity index (χ0) is 17.7. The van der Waals surface area contributed by atoms with Crippen LogP contribution in [0.2, 0.25) is 0 Å². The van der Waals surface area contributed by atoms with Crippen molar-refractivity contribution in [3.63, 3.8) is 0 Å². The number of rotatable bonds is 6. The molecule has 0 bridgehead atoms. The van der Waals surface area contributed by atoms with E-state index in [9.17, 15) is 14.7 Å². The normalized spacial score (nSPS) is 19.8. The second-order valence-electron chi connectivity index (χ2n) is 5.20. The predicted molar refractivity (Wildman–Crippen MR) is 80.6 cm³/mol. The standard InChI is InChI=1S/C14H19N3O7/c1-8(2)23-14(20)22-7-21-6-9-5-10(18)12(24-9)17-4-3-11(15)16-13(17)19/h3-5,8,10,12,18H,6-7H2,1-2H3,(H2,15,16,19)/t10-,12-/m1/s1. The Morgan fingerprint density at radius 3 is 2.96 bits per heavy atom. The van der Waals surface area contributed by atoms with Gasteiger partial charge >= 0.3 is 11.8 Å². The summed E-state index contributed by atoms with van der Waals surface area (Å²) in [5.74, 6) is 0.364. The van der Waals surface area contributed by atoms with E-state index in [1.54, 1.807) is 13.8 Å². The minimum Gasteiger partial charge on any atom is -0.469 e. The van der Waals surface area contributed by atoms with Crippen molar-refractivity contribution in [1.82, 2.24) is 9.55 Å². The van der Waals surface area contributed by atoms with Gasteiger partial charge in [0.15, 0.2) is 6.79 Å². The van der Waals surface area contributed by atoms with Crippen LogP contribution in [0.3, 0.4) is 0 Å². The average Bonchev–Trinajstić information content (AvgIpc) is 2.84. The number of anilines is 1. The first-order valence-corrected chi connectivity index (χ1v) is 7.18. The lowest BCUT2D eigenvalue weighted by Gasteiger charge is -2.18. The molecule has 2 atom stereocenters. The van der Waals surface area contributed by atoms with Crippen LogP contribution in [0.5, 0.6) is 0 Å². The summed E-state index contributed by atoms with van der Waals surface area (Å²) < 4.78 is 21.1. The van der Waals surface area contributed by atoms with Crippen molar-refractivity contribution in [3.8, 4) is 0 Å². The van der Waals surface area contributed by atoms with Gasteiger partial charge in [0.05, 0.1) is 6.10 Å². The Balaban J connectivity index is 1.81. The van der Waals surface area contributed by atoms with Gasteiger partial charge in [-0.3, -0.25) is 4.57 Å². The van der Waals surface area contributed by atoms with E-state index in [0.29, 0.717) is 0 Å². The van der Waals surface area contributed by atoms with Gasteiger partial charge in [-0.25, -0.2) is 9.59 Å². The molecule has 0 aliphatic carbocycles. The van der Waals surface area contributed by atoms with Gasteiger partial charge in [0.25, 0.3) is 0 Å². The van der Waals surface area contributed by atoms with Gasteiger partial charge in [0.1, 0.15) is 24.3 Å². The number of nitrogen functional groups attached to an aromatic ring is 1. The summed E-state index contributed by atoms with van der Waals surface area (Å²) in [5, 5.41) is 9.97. The molecule has 24 heavy (non-hydrogen) atoms. The Kier molecular flexibility index (Phi) is 5.77. The number of aliphatic hydroxyl groups is 1. The lowest BCUT2D eigenvalue weighted by Crippen LogP contribution is -2.32. The molecule has 0 fully saturated rings. The number of carbonyl (C=O) groups excluding carboxylic acids is 1. The maximum atomic E-state index is 11.8. The van der Waals surface area contributed by atoms with Crippen LogP contribution in [-0.2, 0) is 18.9 Å². The molecular weight excluding hydrogens is 322 g/mol. The third-order valence-corrected chi connectivity index (χ3v) is 2.88. The van der Waals surface area contributed by atoms with E-state index >= 15 is 0 Å². The summed E-state index contributed by atoms with van der Waals surface area (Å²) in [5.41, 5.74) is 4.77. The van der Waals surface area contributed by atoms with Gasteiger partial charge in [0.2, 0.25) is 6.23 Å². The second-order valence-corrected chi connectivity index (χ2v) is 5.20. The number of ether oxygens (including phenoxy) is 4. The van der Waals surface area contributed by atoms with Gasteiger partial charge < -0.3 is 29.8 Å². The van der Waals surface area contributed by atoms with Crippen molar-refractivity contribution in [2.75, 3.05) is 19.1 Å². The molecule has 2 rings (SSSR count). The van der Waals surface area contributed by atoms with E-state index in [1.165, 1.54) is 18.3 Å². The van der Waals surface area contributed by atoms with Gasteiger partial charge in [-0.05, 0) is 26.0 Å². The van der Waals surface area contributed by atoms with Crippen molar-refractivity contribution in [2.24, 2.45) is 0 Å². The van der Waals surface area contributed by atoms with Crippen molar-refractivity contribution < 1.29 is 28.8 Å². The van der Waals surface area contributed by atoms with Crippen molar-refractivity contribution in [3.05, 3.63) is 34.6 Å². The van der Waals surface area contributed by atoms with E-state index in [-0.39, 0.29) is 31.1 Å². The molecular formula is C14H19N3O7. The highest BCUT2D eigenvalue weighted by Crippen LogP contribution is 2.25. The largest absolute Gasteiger partial charge is 0.510 e. The fourth-order valence-electron chi connectivity index (χ4n) is 1.92. The van der Waals surface area contributed by atoms with Crippen LogP contribution in [0.25, 0.3) is 0 Å². The van der Waals surface area contributed by atoms with Crippen LogP contribution in [0.15, 0.2) is 28.9 Å². The van der Waals surface area contributed by atoms with Gasteiger partial charge in [-0.15, -0.1) is 0 Å². The molecule has 0 aromatic carbocycles. The summed E-state index contributed by atoms with van der Waals surface area (Å²) in [6.07, 6.45) is -0.388. The second kappa shape index (κ2) is 7.79. The molecule has 0 spiro atoms. The van der Waals surface area contributed by atoms with Crippen LogP contribution in [0, 0.1) is 0 Å². The highest BCUT2D eigenvalue weighted by atomic mass is 16.8.